The topological polar surface area (TPSA) is 39.1 Å². The van der Waals surface area contributed by atoms with Crippen LogP contribution >= 0.6 is 11.6 Å². The first-order valence-corrected chi connectivity index (χ1v) is 6.65. The van der Waals surface area contributed by atoms with Crippen LogP contribution in [0, 0.1) is 6.92 Å². The van der Waals surface area contributed by atoms with Crippen LogP contribution in [0.15, 0.2) is 0 Å². The van der Waals surface area contributed by atoms with Crippen molar-refractivity contribution in [3.8, 4) is 0 Å². The third kappa shape index (κ3) is 4.82. The van der Waals surface area contributed by atoms with Gasteiger partial charge in [0.15, 0.2) is 0 Å². The molecule has 0 saturated heterocycles. The van der Waals surface area contributed by atoms with Crippen molar-refractivity contribution in [1.29, 1.82) is 0 Å². The summed E-state index contributed by atoms with van der Waals surface area (Å²) in [5.41, 5.74) is 1.49. The zero-order valence-corrected chi connectivity index (χ0v) is 12.7. The molecule has 21 heavy (non-hydrogen) atoms. The first-order chi connectivity index (χ1) is 9.69. The summed E-state index contributed by atoms with van der Waals surface area (Å²) in [6, 6.07) is -0.334. The lowest BCUT2D eigenvalue weighted by Gasteiger charge is -2.19. The van der Waals surface area contributed by atoms with Crippen molar-refractivity contribution < 1.29 is 22.3 Å². The second-order valence-corrected chi connectivity index (χ2v) is 5.10. The molecular weight excluding hydrogens is 314 g/mol. The molecule has 0 aliphatic carbocycles. The molecule has 1 N–H and O–H groups in total. The number of likely N-dealkylation sites (N-methyl/N-ethyl adjacent to an activating group) is 1. The fraction of sp³-hybridized carbons (Fsp3) is 0.750. The molecule has 0 radical (unpaired) electrons. The van der Waals surface area contributed by atoms with Crippen LogP contribution in [0.4, 0.5) is 17.6 Å². The molecule has 0 fully saturated rings. The number of rotatable bonds is 8. The average Bonchev–Trinajstić information content (AvgIpc) is 2.63. The largest absolute Gasteiger partial charge is 0.373 e. The van der Waals surface area contributed by atoms with Gasteiger partial charge in [-0.25, -0.2) is 8.78 Å². The molecule has 0 saturated carbocycles. The Hall–Kier alpha value is -0.860. The van der Waals surface area contributed by atoms with E-state index >= 15 is 0 Å². The summed E-state index contributed by atoms with van der Waals surface area (Å²) in [5.74, 6) is -4.14. The predicted molar refractivity (Wildman–Crippen MR) is 71.3 cm³/mol. The van der Waals surface area contributed by atoms with Crippen LogP contribution < -0.4 is 5.32 Å². The molecule has 0 bridgehead atoms. The van der Waals surface area contributed by atoms with Crippen LogP contribution in [0.3, 0.4) is 0 Å². The molecular formula is C12H18ClF4N3O. The van der Waals surface area contributed by atoms with Crippen LogP contribution in [0.25, 0.3) is 0 Å². The van der Waals surface area contributed by atoms with Gasteiger partial charge in [0, 0.05) is 18.7 Å². The highest BCUT2D eigenvalue weighted by Gasteiger charge is 2.41. The second-order valence-electron chi connectivity index (χ2n) is 4.74. The number of aryl methyl sites for hydroxylation is 2. The van der Waals surface area contributed by atoms with Gasteiger partial charge in [0.05, 0.1) is 12.3 Å². The molecule has 0 amide bonds. The number of ether oxygens (including phenoxy) is 1. The Morgan fingerprint density at radius 1 is 1.43 bits per heavy atom. The smallest absolute Gasteiger partial charge is 0.330 e. The molecule has 0 spiro atoms. The molecule has 1 unspecified atom stereocenters. The van der Waals surface area contributed by atoms with Crippen molar-refractivity contribution in [3.63, 3.8) is 0 Å². The van der Waals surface area contributed by atoms with E-state index in [0.29, 0.717) is 11.6 Å². The lowest BCUT2D eigenvalue weighted by Crippen LogP contribution is -2.37. The standard InChI is InChI=1S/C12H18ClF4N3O/c1-7-9(10(13)20(3)19-7)4-8(18-2)5-21-6-12(16,17)11(14)15/h8,11,18H,4-6H2,1-3H3. The van der Waals surface area contributed by atoms with E-state index in [2.05, 4.69) is 10.4 Å². The van der Waals surface area contributed by atoms with Gasteiger partial charge in [-0.3, -0.25) is 4.68 Å². The Kier molecular flexibility index (Phi) is 6.42. The maximum Gasteiger partial charge on any atom is 0.330 e. The van der Waals surface area contributed by atoms with Gasteiger partial charge >= 0.3 is 12.3 Å². The van der Waals surface area contributed by atoms with E-state index in [1.54, 1.807) is 21.0 Å². The number of hydrogen-bond acceptors (Lipinski definition) is 3. The van der Waals surface area contributed by atoms with E-state index in [4.69, 9.17) is 16.3 Å². The molecule has 0 aliphatic heterocycles. The normalized spacial score (nSPS) is 14.0. The van der Waals surface area contributed by atoms with Crippen molar-refractivity contribution in [3.05, 3.63) is 16.4 Å². The number of alkyl halides is 4. The minimum Gasteiger partial charge on any atom is -0.373 e. The van der Waals surface area contributed by atoms with Crippen molar-refractivity contribution in [2.75, 3.05) is 20.3 Å². The van der Waals surface area contributed by atoms with Gasteiger partial charge in [0.25, 0.3) is 0 Å². The van der Waals surface area contributed by atoms with Crippen LogP contribution in [-0.4, -0.2) is 48.4 Å². The maximum atomic E-state index is 12.7. The number of halogens is 5. The van der Waals surface area contributed by atoms with Crippen LogP contribution in [0.5, 0.6) is 0 Å². The summed E-state index contributed by atoms with van der Waals surface area (Å²) in [5, 5.41) is 7.46. The molecule has 4 nitrogen and oxygen atoms in total. The second kappa shape index (κ2) is 7.42. The summed E-state index contributed by atoms with van der Waals surface area (Å²) in [7, 11) is 3.31. The van der Waals surface area contributed by atoms with E-state index < -0.39 is 19.0 Å². The molecule has 1 atom stereocenters. The Morgan fingerprint density at radius 2 is 2.05 bits per heavy atom. The summed E-state index contributed by atoms with van der Waals surface area (Å²) in [4.78, 5) is 0. The van der Waals surface area contributed by atoms with Crippen LogP contribution in [0.2, 0.25) is 5.15 Å². The van der Waals surface area contributed by atoms with Gasteiger partial charge in [0.2, 0.25) is 0 Å². The van der Waals surface area contributed by atoms with Crippen LogP contribution in [-0.2, 0) is 18.2 Å². The highest BCUT2D eigenvalue weighted by molar-refractivity contribution is 6.30. The Labute approximate surface area is 125 Å². The number of nitrogens with zero attached hydrogens (tertiary/aromatic N) is 2. The summed E-state index contributed by atoms with van der Waals surface area (Å²) >= 11 is 6.08. The maximum absolute atomic E-state index is 12.7. The molecule has 0 aliphatic rings. The van der Waals surface area contributed by atoms with E-state index in [1.807, 2.05) is 0 Å². The van der Waals surface area contributed by atoms with Gasteiger partial charge in [0.1, 0.15) is 11.8 Å². The Morgan fingerprint density at radius 3 is 2.48 bits per heavy atom. The first kappa shape index (κ1) is 18.2. The van der Waals surface area contributed by atoms with Gasteiger partial charge in [-0.15, -0.1) is 0 Å². The van der Waals surface area contributed by atoms with E-state index in [0.717, 1.165) is 11.3 Å². The summed E-state index contributed by atoms with van der Waals surface area (Å²) < 4.78 is 55.7. The fourth-order valence-electron chi connectivity index (χ4n) is 1.80. The highest BCUT2D eigenvalue weighted by atomic mass is 35.5. The summed E-state index contributed by atoms with van der Waals surface area (Å²) in [6.07, 6.45) is -3.34. The zero-order chi connectivity index (χ0) is 16.2. The summed E-state index contributed by atoms with van der Waals surface area (Å²) in [6.45, 7) is 0.325. The van der Waals surface area contributed by atoms with E-state index in [1.165, 1.54) is 4.68 Å². The SMILES string of the molecule is CNC(COCC(F)(F)C(F)F)Cc1c(C)nn(C)c1Cl. The minimum absolute atomic E-state index is 0.135. The van der Waals surface area contributed by atoms with E-state index in [9.17, 15) is 17.6 Å². The Bertz CT molecular complexity index is 468. The van der Waals surface area contributed by atoms with E-state index in [-0.39, 0.29) is 12.6 Å². The molecule has 1 aromatic heterocycles. The minimum atomic E-state index is -4.14. The third-order valence-electron chi connectivity index (χ3n) is 3.06. The number of hydrogen-bond donors (Lipinski definition) is 1. The molecule has 9 heteroatoms. The van der Waals surface area contributed by atoms with Crippen molar-refractivity contribution in [2.45, 2.75) is 31.7 Å². The Balaban J connectivity index is 2.57. The molecule has 0 aromatic carbocycles. The lowest BCUT2D eigenvalue weighted by molar-refractivity contribution is -0.166. The molecule has 122 valence electrons. The monoisotopic (exact) mass is 331 g/mol. The first-order valence-electron chi connectivity index (χ1n) is 6.28. The highest BCUT2D eigenvalue weighted by Crippen LogP contribution is 2.23. The quantitative estimate of drug-likeness (QED) is 0.744. The lowest BCUT2D eigenvalue weighted by atomic mass is 10.1. The zero-order valence-electron chi connectivity index (χ0n) is 12.0. The molecule has 1 rings (SSSR count). The van der Waals surface area contributed by atoms with Crippen molar-refractivity contribution in [1.82, 2.24) is 15.1 Å². The van der Waals surface area contributed by atoms with Gasteiger partial charge < -0.3 is 10.1 Å². The number of aromatic nitrogens is 2. The average molecular weight is 332 g/mol. The number of nitrogens with one attached hydrogen (secondary N) is 1. The van der Waals surface area contributed by atoms with Gasteiger partial charge in [-0.1, -0.05) is 11.6 Å². The predicted octanol–water partition coefficient (Wildman–Crippen LogP) is 2.43. The third-order valence-corrected chi connectivity index (χ3v) is 3.53. The van der Waals surface area contributed by atoms with Crippen molar-refractivity contribution in [2.24, 2.45) is 7.05 Å². The van der Waals surface area contributed by atoms with Crippen LogP contribution in [0.1, 0.15) is 11.3 Å². The molecule has 1 aromatic rings. The molecule has 1 heterocycles. The fourth-order valence-corrected chi connectivity index (χ4v) is 2.05. The van der Waals surface area contributed by atoms with Gasteiger partial charge in [-0.2, -0.15) is 13.9 Å². The van der Waals surface area contributed by atoms with Gasteiger partial charge in [-0.05, 0) is 20.4 Å². The van der Waals surface area contributed by atoms with Crippen molar-refractivity contribution >= 4 is 11.6 Å².